The minimum atomic E-state index is 0.718. The van der Waals surface area contributed by atoms with Crippen molar-refractivity contribution < 1.29 is 0 Å². The van der Waals surface area contributed by atoms with E-state index in [9.17, 15) is 0 Å². The SMILES string of the molecule is CC1CC2(C)CC1C1C(C)C3=CC(C3)C12. The third-order valence-electron chi connectivity index (χ3n) is 6.46. The van der Waals surface area contributed by atoms with Gasteiger partial charge in [0.1, 0.15) is 0 Å². The van der Waals surface area contributed by atoms with Crippen molar-refractivity contribution >= 4 is 0 Å². The highest BCUT2D eigenvalue weighted by Gasteiger charge is 2.64. The molecule has 0 heterocycles. The van der Waals surface area contributed by atoms with Gasteiger partial charge in [0, 0.05) is 0 Å². The van der Waals surface area contributed by atoms with E-state index in [1.807, 2.05) is 5.57 Å². The molecule has 7 unspecified atom stereocenters. The van der Waals surface area contributed by atoms with Crippen molar-refractivity contribution in [3.63, 3.8) is 0 Å². The minimum absolute atomic E-state index is 0.718. The molecule has 0 aromatic carbocycles. The number of fused-ring (bicyclic) bond motifs is 2. The van der Waals surface area contributed by atoms with E-state index < -0.39 is 0 Å². The third-order valence-corrected chi connectivity index (χ3v) is 6.46. The van der Waals surface area contributed by atoms with Crippen LogP contribution in [0.1, 0.15) is 40.0 Å². The van der Waals surface area contributed by atoms with Crippen LogP contribution in [0.2, 0.25) is 0 Å². The highest BCUT2D eigenvalue weighted by Crippen LogP contribution is 2.71. The molecule has 3 fully saturated rings. The zero-order valence-corrected chi connectivity index (χ0v) is 10.2. The fourth-order valence-electron chi connectivity index (χ4n) is 6.04. The smallest absolute Gasteiger partial charge is 0.0157 e. The standard InChI is InChI=1S/C15H22/c1-8-6-15(3)7-12(8)13-9(2)10-4-11(5-10)14(13)15/h4,8-9,11-14H,5-7H2,1-3H3. The van der Waals surface area contributed by atoms with E-state index in [2.05, 4.69) is 26.8 Å². The van der Waals surface area contributed by atoms with Crippen molar-refractivity contribution in [3.05, 3.63) is 11.6 Å². The largest absolute Gasteiger partial charge is 0.0813 e. The van der Waals surface area contributed by atoms with E-state index in [1.165, 1.54) is 12.8 Å². The second kappa shape index (κ2) is 2.36. The van der Waals surface area contributed by atoms with Gasteiger partial charge in [-0.2, -0.15) is 0 Å². The molecule has 0 aliphatic heterocycles. The van der Waals surface area contributed by atoms with Crippen LogP contribution in [0.15, 0.2) is 11.6 Å². The average Bonchev–Trinajstić information content (AvgIpc) is 2.53. The third kappa shape index (κ3) is 0.831. The zero-order chi connectivity index (χ0) is 10.4. The van der Waals surface area contributed by atoms with E-state index in [0.717, 1.165) is 40.9 Å². The predicted octanol–water partition coefficient (Wildman–Crippen LogP) is 3.88. The van der Waals surface area contributed by atoms with Crippen molar-refractivity contribution in [2.45, 2.75) is 40.0 Å². The van der Waals surface area contributed by atoms with Crippen LogP contribution in [-0.2, 0) is 0 Å². The second-order valence-corrected chi connectivity index (χ2v) is 7.20. The summed E-state index contributed by atoms with van der Waals surface area (Å²) >= 11 is 0. The van der Waals surface area contributed by atoms with Crippen LogP contribution in [0.4, 0.5) is 0 Å². The molecular weight excluding hydrogens is 180 g/mol. The molecular formula is C15H22. The summed E-state index contributed by atoms with van der Waals surface area (Å²) in [6.45, 7) is 7.61. The maximum Gasteiger partial charge on any atom is -0.0157 e. The lowest BCUT2D eigenvalue weighted by Gasteiger charge is -2.54. The van der Waals surface area contributed by atoms with Crippen LogP contribution in [0.5, 0.6) is 0 Å². The first-order chi connectivity index (χ1) is 7.10. The van der Waals surface area contributed by atoms with E-state index in [1.54, 1.807) is 6.42 Å². The van der Waals surface area contributed by atoms with E-state index in [4.69, 9.17) is 0 Å². The summed E-state index contributed by atoms with van der Waals surface area (Å²) in [4.78, 5) is 0. The Hall–Kier alpha value is -0.260. The lowest BCUT2D eigenvalue weighted by atomic mass is 9.50. The van der Waals surface area contributed by atoms with Crippen molar-refractivity contribution in [2.24, 2.45) is 40.9 Å². The molecule has 0 amide bonds. The lowest BCUT2D eigenvalue weighted by molar-refractivity contribution is 0.0151. The highest BCUT2D eigenvalue weighted by atomic mass is 14.7. The predicted molar refractivity (Wildman–Crippen MR) is 62.3 cm³/mol. The topological polar surface area (TPSA) is 0 Å². The molecule has 5 aliphatic rings. The van der Waals surface area contributed by atoms with Crippen molar-refractivity contribution in [1.82, 2.24) is 0 Å². The fourth-order valence-corrected chi connectivity index (χ4v) is 6.04. The molecule has 0 aromatic heterocycles. The Morgan fingerprint density at radius 1 is 1.27 bits per heavy atom. The van der Waals surface area contributed by atoms with Gasteiger partial charge in [0.2, 0.25) is 0 Å². The van der Waals surface area contributed by atoms with Gasteiger partial charge in [0.15, 0.2) is 0 Å². The summed E-state index contributed by atoms with van der Waals surface area (Å²) in [5, 5.41) is 0. The van der Waals surface area contributed by atoms with E-state index in [-0.39, 0.29) is 0 Å². The zero-order valence-electron chi connectivity index (χ0n) is 10.2. The number of allylic oxidation sites excluding steroid dienone is 2. The van der Waals surface area contributed by atoms with Crippen LogP contribution in [-0.4, -0.2) is 0 Å². The van der Waals surface area contributed by atoms with Crippen molar-refractivity contribution in [2.75, 3.05) is 0 Å². The second-order valence-electron chi connectivity index (χ2n) is 7.20. The van der Waals surface area contributed by atoms with Gasteiger partial charge >= 0.3 is 0 Å². The van der Waals surface area contributed by atoms with Crippen LogP contribution < -0.4 is 0 Å². The number of hydrogen-bond donors (Lipinski definition) is 0. The van der Waals surface area contributed by atoms with Crippen LogP contribution in [0, 0.1) is 40.9 Å². The molecule has 0 radical (unpaired) electrons. The van der Waals surface area contributed by atoms with Gasteiger partial charge in [0.05, 0.1) is 0 Å². The molecule has 7 atom stereocenters. The lowest BCUT2D eigenvalue weighted by Crippen LogP contribution is -2.47. The van der Waals surface area contributed by atoms with Gasteiger partial charge in [0.25, 0.3) is 0 Å². The average molecular weight is 202 g/mol. The van der Waals surface area contributed by atoms with Gasteiger partial charge < -0.3 is 0 Å². The molecule has 0 aromatic rings. The Labute approximate surface area is 93.1 Å². The molecule has 15 heavy (non-hydrogen) atoms. The Bertz CT molecular complexity index is 353. The first kappa shape index (κ1) is 8.84. The molecule has 0 heteroatoms. The van der Waals surface area contributed by atoms with Gasteiger partial charge in [-0.3, -0.25) is 0 Å². The maximum atomic E-state index is 2.63. The Kier molecular flexibility index (Phi) is 1.39. The monoisotopic (exact) mass is 202 g/mol. The summed E-state index contributed by atoms with van der Waals surface area (Å²) in [7, 11) is 0. The van der Waals surface area contributed by atoms with Gasteiger partial charge in [-0.15, -0.1) is 0 Å². The first-order valence-electron chi connectivity index (χ1n) is 6.81. The molecule has 3 saturated carbocycles. The Balaban J connectivity index is 1.81. The normalized spacial score (nSPS) is 64.9. The summed E-state index contributed by atoms with van der Waals surface area (Å²) in [6.07, 6.45) is 7.15. The van der Waals surface area contributed by atoms with E-state index >= 15 is 0 Å². The minimum Gasteiger partial charge on any atom is -0.0813 e. The maximum absolute atomic E-state index is 2.63. The highest BCUT2D eigenvalue weighted by molar-refractivity contribution is 5.31. The summed E-state index contributed by atoms with van der Waals surface area (Å²) < 4.78 is 0. The quantitative estimate of drug-likeness (QED) is 0.523. The molecule has 0 nitrogen and oxygen atoms in total. The summed E-state index contributed by atoms with van der Waals surface area (Å²) in [6, 6.07) is 0. The van der Waals surface area contributed by atoms with E-state index in [0.29, 0.717) is 0 Å². The molecule has 0 spiro atoms. The van der Waals surface area contributed by atoms with Crippen LogP contribution in [0.25, 0.3) is 0 Å². The van der Waals surface area contributed by atoms with Gasteiger partial charge in [-0.05, 0) is 60.2 Å². The van der Waals surface area contributed by atoms with Crippen molar-refractivity contribution in [1.29, 1.82) is 0 Å². The number of rotatable bonds is 0. The van der Waals surface area contributed by atoms with Gasteiger partial charge in [-0.25, -0.2) is 0 Å². The van der Waals surface area contributed by atoms with Gasteiger partial charge in [-0.1, -0.05) is 32.4 Å². The molecule has 0 N–H and O–H groups in total. The fraction of sp³-hybridized carbons (Fsp3) is 0.867. The number of hydrogen-bond acceptors (Lipinski definition) is 0. The summed E-state index contributed by atoms with van der Waals surface area (Å²) in [5.41, 5.74) is 2.53. The van der Waals surface area contributed by atoms with Crippen LogP contribution in [0.3, 0.4) is 0 Å². The molecule has 82 valence electrons. The Morgan fingerprint density at radius 3 is 2.73 bits per heavy atom. The molecule has 5 aliphatic carbocycles. The summed E-state index contributed by atoms with van der Waals surface area (Å²) in [5.74, 6) is 6.13. The molecule has 0 saturated heterocycles. The van der Waals surface area contributed by atoms with Crippen LogP contribution >= 0.6 is 0 Å². The Morgan fingerprint density at radius 2 is 2.00 bits per heavy atom. The van der Waals surface area contributed by atoms with Crippen molar-refractivity contribution in [3.8, 4) is 0 Å². The molecule has 4 bridgehead atoms. The molecule has 5 rings (SSSR count). The first-order valence-corrected chi connectivity index (χ1v) is 6.81.